The highest BCUT2D eigenvalue weighted by Gasteiger charge is 2.17. The van der Waals surface area contributed by atoms with Crippen molar-refractivity contribution in [2.45, 2.75) is 0 Å². The average molecular weight is 706 g/mol. The van der Waals surface area contributed by atoms with E-state index in [-0.39, 0.29) is 0 Å². The molecule has 0 radical (unpaired) electrons. The van der Waals surface area contributed by atoms with Crippen LogP contribution in [0.3, 0.4) is 0 Å². The van der Waals surface area contributed by atoms with Gasteiger partial charge in [0.1, 0.15) is 0 Å². The van der Waals surface area contributed by atoms with Crippen molar-refractivity contribution in [2.24, 2.45) is 0 Å². The lowest BCUT2D eigenvalue weighted by Crippen LogP contribution is -1.95. The normalized spacial score (nSPS) is 11.3. The minimum atomic E-state index is 0.790. The molecule has 0 saturated carbocycles. The van der Waals surface area contributed by atoms with Gasteiger partial charge in [0.05, 0.1) is 56.6 Å². The van der Waals surface area contributed by atoms with Gasteiger partial charge in [-0.1, -0.05) is 54.6 Å². The van der Waals surface area contributed by atoms with Gasteiger partial charge in [-0.05, 0) is 131 Å². The van der Waals surface area contributed by atoms with E-state index in [4.69, 9.17) is 9.97 Å². The molecule has 0 fully saturated rings. The molecule has 0 N–H and O–H groups in total. The van der Waals surface area contributed by atoms with Crippen LogP contribution in [0.2, 0.25) is 0 Å². The molecule has 7 heterocycles. The zero-order valence-corrected chi connectivity index (χ0v) is 29.5. The zero-order chi connectivity index (χ0) is 36.6. The quantitative estimate of drug-likeness (QED) is 0.164. The van der Waals surface area contributed by atoms with Crippen LogP contribution in [0.5, 0.6) is 0 Å². The topological polar surface area (TPSA) is 82.3 Å². The van der Waals surface area contributed by atoms with E-state index in [9.17, 15) is 0 Å². The molecule has 0 unspecified atom stereocenters. The lowest BCUT2D eigenvalue weighted by molar-refractivity contribution is 1.18. The van der Waals surface area contributed by atoms with Crippen molar-refractivity contribution >= 4 is 21.8 Å². The van der Waals surface area contributed by atoms with Crippen molar-refractivity contribution < 1.29 is 0 Å². The molecule has 0 saturated heterocycles. The number of rotatable bonds is 7. The molecular weight excluding hydrogens is 675 g/mol. The Balaban J connectivity index is 1.19. The Morgan fingerprint density at radius 2 is 0.655 bits per heavy atom. The van der Waals surface area contributed by atoms with E-state index in [0.717, 1.165) is 95.3 Å². The van der Waals surface area contributed by atoms with Crippen LogP contribution in [0.15, 0.2) is 189 Å². The van der Waals surface area contributed by atoms with Crippen LogP contribution >= 0.6 is 0 Å². The van der Waals surface area contributed by atoms with Crippen molar-refractivity contribution in [3.8, 4) is 73.5 Å². The number of pyridine rings is 6. The lowest BCUT2D eigenvalue weighted by atomic mass is 9.98. The monoisotopic (exact) mass is 705 g/mol. The van der Waals surface area contributed by atoms with E-state index < -0.39 is 0 Å². The Morgan fingerprint density at radius 3 is 1.00 bits per heavy atom. The fourth-order valence-corrected chi connectivity index (χ4v) is 7.21. The van der Waals surface area contributed by atoms with Crippen molar-refractivity contribution in [2.75, 3.05) is 0 Å². The number of benzene rings is 3. The minimum Gasteiger partial charge on any atom is -0.309 e. The maximum absolute atomic E-state index is 5.02. The molecule has 55 heavy (non-hydrogen) atoms. The van der Waals surface area contributed by atoms with Gasteiger partial charge in [0.2, 0.25) is 0 Å². The van der Waals surface area contributed by atoms with Gasteiger partial charge in [0.15, 0.2) is 0 Å². The minimum absolute atomic E-state index is 0.790. The van der Waals surface area contributed by atoms with Crippen LogP contribution in [0, 0.1) is 0 Å². The molecule has 10 aromatic rings. The second kappa shape index (κ2) is 13.7. The third-order valence-corrected chi connectivity index (χ3v) is 9.81. The first-order chi connectivity index (χ1) is 27.2. The number of nitrogens with zero attached hydrogens (tertiary/aromatic N) is 7. The SMILES string of the molecule is c1ccc(-n2c3ccc(-c4cc(-c5ccccn5)nc(-c5ccccn5)c4)cc3c3cc(-c4cc(-c5ccccn5)nc(-c5ccccn5)c4)ccc32)cc1. The summed E-state index contributed by atoms with van der Waals surface area (Å²) in [6, 6.07) is 56.0. The molecule has 0 atom stereocenters. The van der Waals surface area contributed by atoms with Crippen molar-refractivity contribution in [1.82, 2.24) is 34.5 Å². The van der Waals surface area contributed by atoms with Gasteiger partial charge < -0.3 is 4.57 Å². The zero-order valence-electron chi connectivity index (χ0n) is 29.5. The summed E-state index contributed by atoms with van der Waals surface area (Å²) in [5.41, 5.74) is 13.9. The van der Waals surface area contributed by atoms with Gasteiger partial charge >= 0.3 is 0 Å². The largest absolute Gasteiger partial charge is 0.309 e. The molecular formula is C48H31N7. The van der Waals surface area contributed by atoms with Gasteiger partial charge in [-0.3, -0.25) is 19.9 Å². The standard InChI is InChI=1S/C48H31N7/c1-2-12-36(13-3-1)55-47-20-18-32(34-28-43(39-14-4-8-22-49-39)53-44(29-34)40-15-5-9-23-50-40)26-37(47)38-27-33(19-21-48(38)55)35-30-45(41-16-6-10-24-51-41)54-46(31-35)42-17-7-11-25-52-42/h1-31H. The summed E-state index contributed by atoms with van der Waals surface area (Å²) in [7, 11) is 0. The van der Waals surface area contributed by atoms with Gasteiger partial charge in [0.25, 0.3) is 0 Å². The third kappa shape index (κ3) is 6.09. The van der Waals surface area contributed by atoms with Gasteiger partial charge in [-0.15, -0.1) is 0 Å². The highest BCUT2D eigenvalue weighted by molar-refractivity contribution is 6.11. The first kappa shape index (κ1) is 32.0. The van der Waals surface area contributed by atoms with Crippen molar-refractivity contribution in [3.63, 3.8) is 0 Å². The molecule has 258 valence electrons. The molecule has 0 aliphatic carbocycles. The maximum atomic E-state index is 5.02. The van der Waals surface area contributed by atoms with Crippen LogP contribution in [0.4, 0.5) is 0 Å². The van der Waals surface area contributed by atoms with Gasteiger partial charge in [-0.25, -0.2) is 9.97 Å². The predicted molar refractivity (Wildman–Crippen MR) is 220 cm³/mol. The predicted octanol–water partition coefficient (Wildman–Crippen LogP) is 11.2. The number of hydrogen-bond acceptors (Lipinski definition) is 6. The van der Waals surface area contributed by atoms with E-state index >= 15 is 0 Å². The number of aromatic nitrogens is 7. The summed E-state index contributed by atoms with van der Waals surface area (Å²) in [6.07, 6.45) is 7.20. The van der Waals surface area contributed by atoms with E-state index in [0.29, 0.717) is 0 Å². The summed E-state index contributed by atoms with van der Waals surface area (Å²) in [5.74, 6) is 0. The summed E-state index contributed by atoms with van der Waals surface area (Å²) >= 11 is 0. The first-order valence-electron chi connectivity index (χ1n) is 18.1. The molecule has 0 aliphatic heterocycles. The second-order valence-corrected chi connectivity index (χ2v) is 13.2. The molecule has 3 aromatic carbocycles. The highest BCUT2D eigenvalue weighted by atomic mass is 15.0. The van der Waals surface area contributed by atoms with E-state index in [1.165, 1.54) is 0 Å². The van der Waals surface area contributed by atoms with Crippen LogP contribution in [-0.2, 0) is 0 Å². The molecule has 10 rings (SSSR count). The van der Waals surface area contributed by atoms with Crippen molar-refractivity contribution in [1.29, 1.82) is 0 Å². The summed E-state index contributed by atoms with van der Waals surface area (Å²) in [4.78, 5) is 28.6. The Morgan fingerprint density at radius 1 is 0.291 bits per heavy atom. The second-order valence-electron chi connectivity index (χ2n) is 13.2. The lowest BCUT2D eigenvalue weighted by Gasteiger charge is -2.11. The summed E-state index contributed by atoms with van der Waals surface area (Å²) < 4.78 is 2.34. The molecule has 0 amide bonds. The number of hydrogen-bond donors (Lipinski definition) is 0. The molecule has 7 aromatic heterocycles. The summed E-state index contributed by atoms with van der Waals surface area (Å²) in [5, 5.41) is 2.27. The van der Waals surface area contributed by atoms with E-state index in [1.807, 2.05) is 72.8 Å². The van der Waals surface area contributed by atoms with E-state index in [2.05, 4.69) is 115 Å². The Bertz CT molecular complexity index is 2650. The van der Waals surface area contributed by atoms with Crippen LogP contribution < -0.4 is 0 Å². The van der Waals surface area contributed by atoms with Crippen LogP contribution in [-0.4, -0.2) is 34.5 Å². The molecule has 7 heteroatoms. The van der Waals surface area contributed by atoms with Gasteiger partial charge in [0, 0.05) is 41.2 Å². The van der Waals surface area contributed by atoms with E-state index in [1.54, 1.807) is 24.8 Å². The van der Waals surface area contributed by atoms with Crippen LogP contribution in [0.25, 0.3) is 95.3 Å². The fourth-order valence-electron chi connectivity index (χ4n) is 7.21. The maximum Gasteiger partial charge on any atom is 0.0900 e. The van der Waals surface area contributed by atoms with Crippen LogP contribution in [0.1, 0.15) is 0 Å². The Hall–Kier alpha value is -7.64. The average Bonchev–Trinajstić information content (AvgIpc) is 3.60. The van der Waals surface area contributed by atoms with Crippen molar-refractivity contribution in [3.05, 3.63) is 189 Å². The third-order valence-electron chi connectivity index (χ3n) is 9.81. The Kier molecular flexibility index (Phi) is 8.00. The van der Waals surface area contributed by atoms with Gasteiger partial charge in [-0.2, -0.15) is 0 Å². The summed E-state index contributed by atoms with van der Waals surface area (Å²) in [6.45, 7) is 0. The molecule has 0 aliphatic rings. The molecule has 0 bridgehead atoms. The Labute approximate surface area is 317 Å². The highest BCUT2D eigenvalue weighted by Crippen LogP contribution is 2.39. The fraction of sp³-hybridized carbons (Fsp3) is 0. The molecule has 7 nitrogen and oxygen atoms in total. The molecule has 0 spiro atoms. The number of fused-ring (bicyclic) bond motifs is 3. The number of para-hydroxylation sites is 1. The first-order valence-corrected chi connectivity index (χ1v) is 18.1. The smallest absolute Gasteiger partial charge is 0.0900 e.